The van der Waals surface area contributed by atoms with Crippen molar-refractivity contribution in [3.05, 3.63) is 95.1 Å². The second kappa shape index (κ2) is 7.62. The van der Waals surface area contributed by atoms with Gasteiger partial charge >= 0.3 is 0 Å². The molecule has 4 rings (SSSR count). The molecule has 0 aliphatic carbocycles. The third-order valence-corrected chi connectivity index (χ3v) is 5.10. The van der Waals surface area contributed by atoms with Gasteiger partial charge in [0.1, 0.15) is 5.75 Å². The highest BCUT2D eigenvalue weighted by atomic mass is 16.5. The van der Waals surface area contributed by atoms with Crippen LogP contribution in [0.15, 0.2) is 72.8 Å². The second-order valence-electron chi connectivity index (χ2n) is 6.86. The molecular formula is C25H21NO2. The van der Waals surface area contributed by atoms with Gasteiger partial charge in [0.2, 0.25) is 5.91 Å². The molecule has 28 heavy (non-hydrogen) atoms. The summed E-state index contributed by atoms with van der Waals surface area (Å²) in [7, 11) is 3.49. The van der Waals surface area contributed by atoms with Crippen LogP contribution in [-0.4, -0.2) is 20.1 Å². The van der Waals surface area contributed by atoms with Gasteiger partial charge < -0.3 is 9.64 Å². The van der Waals surface area contributed by atoms with Crippen LogP contribution in [0.25, 0.3) is 0 Å². The summed E-state index contributed by atoms with van der Waals surface area (Å²) < 4.78 is 5.29. The molecule has 3 aromatic carbocycles. The number of carbonyl (C=O) groups is 1. The molecule has 0 bridgehead atoms. The number of likely N-dealkylation sites (N-methyl/N-ethyl adjacent to an activating group) is 1. The average molecular weight is 367 g/mol. The number of anilines is 1. The largest absolute Gasteiger partial charge is 0.497 e. The lowest BCUT2D eigenvalue weighted by atomic mass is 9.90. The second-order valence-corrected chi connectivity index (χ2v) is 6.86. The number of ether oxygens (including phenoxy) is 1. The molecule has 1 amide bonds. The van der Waals surface area contributed by atoms with Crippen molar-refractivity contribution in [3.63, 3.8) is 0 Å². The summed E-state index contributed by atoms with van der Waals surface area (Å²) in [5, 5.41) is 0. The molecule has 1 atom stereocenters. The molecule has 0 saturated carbocycles. The highest BCUT2D eigenvalue weighted by Crippen LogP contribution is 2.33. The maximum atomic E-state index is 12.0. The van der Waals surface area contributed by atoms with E-state index in [4.69, 9.17) is 4.74 Å². The maximum absolute atomic E-state index is 12.0. The quantitative estimate of drug-likeness (QED) is 0.642. The van der Waals surface area contributed by atoms with Crippen molar-refractivity contribution in [2.24, 2.45) is 0 Å². The molecular weight excluding hydrogens is 346 g/mol. The fourth-order valence-corrected chi connectivity index (χ4v) is 3.50. The van der Waals surface area contributed by atoms with Crippen LogP contribution in [0, 0.1) is 11.8 Å². The van der Waals surface area contributed by atoms with Crippen molar-refractivity contribution in [2.75, 3.05) is 19.1 Å². The van der Waals surface area contributed by atoms with Gasteiger partial charge in [0.15, 0.2) is 0 Å². The number of carbonyl (C=O) groups excluding carboxylic acids is 1. The van der Waals surface area contributed by atoms with E-state index in [2.05, 4.69) is 24.0 Å². The summed E-state index contributed by atoms with van der Waals surface area (Å²) in [6.07, 6.45) is 0.446. The van der Waals surface area contributed by atoms with Crippen LogP contribution in [0.2, 0.25) is 0 Å². The van der Waals surface area contributed by atoms with Gasteiger partial charge in [0.05, 0.1) is 19.4 Å². The van der Waals surface area contributed by atoms with Gasteiger partial charge in [-0.2, -0.15) is 0 Å². The Labute approximate surface area is 165 Å². The highest BCUT2D eigenvalue weighted by molar-refractivity contribution is 6.01. The smallest absolute Gasteiger partial charge is 0.231 e. The molecule has 138 valence electrons. The first-order valence-corrected chi connectivity index (χ1v) is 9.25. The number of hydrogen-bond acceptors (Lipinski definition) is 2. The molecule has 1 aliphatic heterocycles. The fourth-order valence-electron chi connectivity index (χ4n) is 3.50. The summed E-state index contributed by atoms with van der Waals surface area (Å²) in [5.74, 6) is 7.59. The molecule has 1 aliphatic rings. The van der Waals surface area contributed by atoms with Crippen LogP contribution in [0.4, 0.5) is 5.69 Å². The molecule has 1 heterocycles. The van der Waals surface area contributed by atoms with Crippen LogP contribution in [0.3, 0.4) is 0 Å². The van der Waals surface area contributed by atoms with Gasteiger partial charge in [0, 0.05) is 18.3 Å². The Kier molecular flexibility index (Phi) is 4.87. The van der Waals surface area contributed by atoms with Crippen molar-refractivity contribution in [1.29, 1.82) is 0 Å². The first-order valence-electron chi connectivity index (χ1n) is 9.25. The summed E-state index contributed by atoms with van der Waals surface area (Å²) >= 11 is 0. The summed E-state index contributed by atoms with van der Waals surface area (Å²) in [4.78, 5) is 13.8. The third kappa shape index (κ3) is 3.50. The number of benzene rings is 3. The Bertz CT molecular complexity index is 1060. The molecule has 3 nitrogen and oxygen atoms in total. The van der Waals surface area contributed by atoms with E-state index in [-0.39, 0.29) is 11.8 Å². The van der Waals surface area contributed by atoms with E-state index in [9.17, 15) is 4.79 Å². The summed E-state index contributed by atoms with van der Waals surface area (Å²) in [5.41, 5.74) is 5.22. The Morgan fingerprint density at radius 2 is 1.68 bits per heavy atom. The van der Waals surface area contributed by atoms with Crippen molar-refractivity contribution in [1.82, 2.24) is 0 Å². The highest BCUT2D eigenvalue weighted by Gasteiger charge is 2.25. The number of methoxy groups -OCH3 is 1. The van der Waals surface area contributed by atoms with E-state index in [1.54, 1.807) is 12.0 Å². The van der Waals surface area contributed by atoms with Crippen molar-refractivity contribution < 1.29 is 9.53 Å². The maximum Gasteiger partial charge on any atom is 0.231 e. The molecule has 0 saturated heterocycles. The Morgan fingerprint density at radius 1 is 0.964 bits per heavy atom. The number of nitrogens with zero attached hydrogens (tertiary/aromatic N) is 1. The number of fused-ring (bicyclic) bond motifs is 1. The zero-order valence-corrected chi connectivity index (χ0v) is 16.0. The number of rotatable bonds is 3. The molecule has 3 aromatic rings. The van der Waals surface area contributed by atoms with Gasteiger partial charge in [-0.15, -0.1) is 0 Å². The Hall–Kier alpha value is -3.51. The van der Waals surface area contributed by atoms with E-state index >= 15 is 0 Å². The molecule has 0 radical (unpaired) electrons. The zero-order chi connectivity index (χ0) is 19.5. The van der Waals surface area contributed by atoms with Gasteiger partial charge in [0.25, 0.3) is 0 Å². The minimum atomic E-state index is -0.0857. The van der Waals surface area contributed by atoms with E-state index < -0.39 is 0 Å². The lowest BCUT2D eigenvalue weighted by molar-refractivity contribution is -0.117. The third-order valence-electron chi connectivity index (χ3n) is 5.10. The monoisotopic (exact) mass is 367 g/mol. The molecule has 0 N–H and O–H groups in total. The average Bonchev–Trinajstić information content (AvgIpc) is 3.02. The summed E-state index contributed by atoms with van der Waals surface area (Å²) in [6, 6.07) is 24.2. The van der Waals surface area contributed by atoms with Crippen LogP contribution in [0.5, 0.6) is 5.75 Å². The van der Waals surface area contributed by atoms with E-state index in [0.29, 0.717) is 6.42 Å². The Balaban J connectivity index is 1.76. The predicted molar refractivity (Wildman–Crippen MR) is 112 cm³/mol. The van der Waals surface area contributed by atoms with Gasteiger partial charge in [-0.05, 0) is 47.0 Å². The lowest BCUT2D eigenvalue weighted by Gasteiger charge is -2.15. The normalized spacial score (nSPS) is 13.5. The van der Waals surface area contributed by atoms with Crippen LogP contribution < -0.4 is 9.64 Å². The van der Waals surface area contributed by atoms with Crippen LogP contribution in [0.1, 0.15) is 28.2 Å². The fraction of sp³-hybridized carbons (Fsp3) is 0.160. The lowest BCUT2D eigenvalue weighted by Crippen LogP contribution is -2.20. The topological polar surface area (TPSA) is 29.5 Å². The first kappa shape index (κ1) is 17.9. The van der Waals surface area contributed by atoms with E-state index in [1.165, 1.54) is 0 Å². The number of amides is 1. The minimum absolute atomic E-state index is 0.0857. The van der Waals surface area contributed by atoms with Crippen molar-refractivity contribution in [2.45, 2.75) is 12.3 Å². The van der Waals surface area contributed by atoms with E-state index in [0.717, 1.165) is 33.7 Å². The van der Waals surface area contributed by atoms with Gasteiger partial charge in [-0.25, -0.2) is 0 Å². The molecule has 0 aromatic heterocycles. The van der Waals surface area contributed by atoms with Gasteiger partial charge in [-0.1, -0.05) is 54.3 Å². The van der Waals surface area contributed by atoms with E-state index in [1.807, 2.05) is 67.7 Å². The molecule has 0 spiro atoms. The summed E-state index contributed by atoms with van der Waals surface area (Å²) in [6.45, 7) is 0. The Morgan fingerprint density at radius 3 is 2.39 bits per heavy atom. The first-order chi connectivity index (χ1) is 13.7. The standard InChI is InChI=1S/C25H21NO2/c1-26-24-15-11-20(16-21(24)17-25(26)27)23(14-8-18-6-4-3-5-7-18)19-9-12-22(28-2)13-10-19/h3-7,9-13,15-16,23H,17H2,1-2H3. The molecule has 3 heteroatoms. The number of hydrogen-bond donors (Lipinski definition) is 0. The van der Waals surface area contributed by atoms with Crippen molar-refractivity contribution in [3.8, 4) is 17.6 Å². The molecule has 1 unspecified atom stereocenters. The van der Waals surface area contributed by atoms with Crippen LogP contribution in [-0.2, 0) is 11.2 Å². The molecule has 0 fully saturated rings. The minimum Gasteiger partial charge on any atom is -0.497 e. The van der Waals surface area contributed by atoms with Crippen LogP contribution >= 0.6 is 0 Å². The predicted octanol–water partition coefficient (Wildman–Crippen LogP) is 4.40. The zero-order valence-electron chi connectivity index (χ0n) is 16.0. The SMILES string of the molecule is COc1ccc(C(C#Cc2ccccc2)c2ccc3c(c2)CC(=O)N3C)cc1. The van der Waals surface area contributed by atoms with Gasteiger partial charge in [-0.3, -0.25) is 4.79 Å². The van der Waals surface area contributed by atoms with Crippen molar-refractivity contribution >= 4 is 11.6 Å².